The Balaban J connectivity index is 2.18. The van der Waals surface area contributed by atoms with E-state index in [0.717, 1.165) is 24.5 Å². The topological polar surface area (TPSA) is 67.9 Å². The van der Waals surface area contributed by atoms with Crippen LogP contribution in [0.1, 0.15) is 16.1 Å². The molecule has 2 aromatic heterocycles. The molecule has 0 fully saturated rings. The normalized spacial score (nSPS) is 11.5. The van der Waals surface area contributed by atoms with Gasteiger partial charge in [0.05, 0.1) is 11.0 Å². The molecule has 0 saturated heterocycles. The minimum atomic E-state index is -1.10. The third kappa shape index (κ3) is 3.77. The molecular weight excluding hydrogens is 282 g/mol. The third-order valence-corrected chi connectivity index (χ3v) is 4.92. The van der Waals surface area contributed by atoms with E-state index in [-0.39, 0.29) is 5.69 Å². The monoisotopic (exact) mass is 301 g/mol. The van der Waals surface area contributed by atoms with Gasteiger partial charge in [-0.15, -0.1) is 0 Å². The van der Waals surface area contributed by atoms with E-state index in [2.05, 4.69) is 24.6 Å². The maximum atomic E-state index is 11.2. The average Bonchev–Trinajstić information content (AvgIpc) is 2.84. The summed E-state index contributed by atoms with van der Waals surface area (Å²) in [6.45, 7) is 8.02. The summed E-state index contributed by atoms with van der Waals surface area (Å²) in [4.78, 5) is 15.4. The molecule has 2 aromatic rings. The van der Waals surface area contributed by atoms with Gasteiger partial charge >= 0.3 is 0 Å². The quantitative estimate of drug-likeness (QED) is 0.467. The molecule has 0 unspecified atom stereocenters. The van der Waals surface area contributed by atoms with E-state index in [0.29, 0.717) is 17.8 Å². The van der Waals surface area contributed by atoms with Gasteiger partial charge < -0.3 is 9.30 Å². The van der Waals surface area contributed by atoms with Crippen LogP contribution in [0.2, 0.25) is 25.7 Å². The van der Waals surface area contributed by atoms with Crippen LogP contribution >= 0.6 is 0 Å². The van der Waals surface area contributed by atoms with Crippen LogP contribution in [0.15, 0.2) is 18.3 Å². The number of pyridine rings is 1. The van der Waals surface area contributed by atoms with Gasteiger partial charge in [-0.1, -0.05) is 19.6 Å². The molecular formula is C15H19N3O2Si. The van der Waals surface area contributed by atoms with Crippen molar-refractivity contribution in [3.8, 4) is 6.07 Å². The van der Waals surface area contributed by atoms with E-state index < -0.39 is 8.07 Å². The predicted molar refractivity (Wildman–Crippen MR) is 83.9 cm³/mol. The molecule has 0 saturated carbocycles. The molecule has 0 aliphatic rings. The fraction of sp³-hybridized carbons (Fsp3) is 0.400. The van der Waals surface area contributed by atoms with Gasteiger partial charge in [-0.05, 0) is 18.2 Å². The van der Waals surface area contributed by atoms with Gasteiger partial charge in [0.25, 0.3) is 0 Å². The number of carbonyl (C=O) groups is 1. The van der Waals surface area contributed by atoms with E-state index in [1.54, 1.807) is 6.07 Å². The Kier molecular flexibility index (Phi) is 4.55. The van der Waals surface area contributed by atoms with Crippen molar-refractivity contribution in [3.05, 3.63) is 29.6 Å². The minimum absolute atomic E-state index is 0.252. The van der Waals surface area contributed by atoms with E-state index in [4.69, 9.17) is 10.00 Å². The molecule has 0 N–H and O–H groups in total. The maximum Gasteiger partial charge on any atom is 0.152 e. The highest BCUT2D eigenvalue weighted by atomic mass is 28.3. The SMILES string of the molecule is C[Si](C)(C)CCOCn1ccc2nc(C#N)cc(C=O)c21. The van der Waals surface area contributed by atoms with Crippen molar-refractivity contribution in [2.75, 3.05) is 6.61 Å². The number of rotatable bonds is 6. The lowest BCUT2D eigenvalue weighted by Crippen LogP contribution is -2.22. The fourth-order valence-electron chi connectivity index (χ4n) is 2.04. The summed E-state index contributed by atoms with van der Waals surface area (Å²) in [7, 11) is -1.10. The van der Waals surface area contributed by atoms with Crippen LogP contribution in [-0.2, 0) is 11.5 Å². The molecule has 0 aliphatic carbocycles. The molecule has 0 aliphatic heterocycles. The fourth-order valence-corrected chi connectivity index (χ4v) is 2.80. The zero-order valence-electron chi connectivity index (χ0n) is 12.6. The number of nitrogens with zero attached hydrogens (tertiary/aromatic N) is 3. The van der Waals surface area contributed by atoms with Crippen LogP contribution in [0.25, 0.3) is 11.0 Å². The molecule has 6 heteroatoms. The average molecular weight is 301 g/mol. The van der Waals surface area contributed by atoms with Crippen LogP contribution in [0, 0.1) is 11.3 Å². The first kappa shape index (κ1) is 15.4. The number of carbonyl (C=O) groups excluding carboxylic acids is 1. The summed E-state index contributed by atoms with van der Waals surface area (Å²) in [5.74, 6) is 0. The van der Waals surface area contributed by atoms with Crippen LogP contribution in [-0.4, -0.2) is 30.5 Å². The third-order valence-electron chi connectivity index (χ3n) is 3.22. The molecule has 110 valence electrons. The number of ether oxygens (including phenoxy) is 1. The second-order valence-corrected chi connectivity index (χ2v) is 11.8. The molecule has 21 heavy (non-hydrogen) atoms. The van der Waals surface area contributed by atoms with Gasteiger partial charge in [-0.25, -0.2) is 4.98 Å². The first-order valence-electron chi connectivity index (χ1n) is 6.87. The molecule has 0 bridgehead atoms. The summed E-state index contributed by atoms with van der Waals surface area (Å²) in [6, 6.07) is 6.37. The number of hydrogen-bond acceptors (Lipinski definition) is 4. The van der Waals surface area contributed by atoms with E-state index in [1.807, 2.05) is 16.8 Å². The number of aldehydes is 1. The molecule has 0 aromatic carbocycles. The Bertz CT molecular complexity index is 695. The van der Waals surface area contributed by atoms with Crippen molar-refractivity contribution >= 4 is 25.4 Å². The lowest BCUT2D eigenvalue weighted by atomic mass is 10.2. The zero-order chi connectivity index (χ0) is 15.5. The summed E-state index contributed by atoms with van der Waals surface area (Å²) in [5.41, 5.74) is 2.08. The highest BCUT2D eigenvalue weighted by molar-refractivity contribution is 6.76. The summed E-state index contributed by atoms with van der Waals surface area (Å²) in [6.07, 6.45) is 2.59. The Labute approximate surface area is 125 Å². The number of hydrogen-bond donors (Lipinski definition) is 0. The molecule has 5 nitrogen and oxygen atoms in total. The molecule has 0 amide bonds. The van der Waals surface area contributed by atoms with E-state index in [9.17, 15) is 4.79 Å². The second-order valence-electron chi connectivity index (χ2n) is 6.19. The Morgan fingerprint density at radius 3 is 2.86 bits per heavy atom. The Morgan fingerprint density at radius 2 is 2.24 bits per heavy atom. The minimum Gasteiger partial charge on any atom is -0.361 e. The van der Waals surface area contributed by atoms with Crippen LogP contribution in [0.5, 0.6) is 0 Å². The summed E-state index contributed by atoms with van der Waals surface area (Å²) < 4.78 is 7.57. The van der Waals surface area contributed by atoms with E-state index >= 15 is 0 Å². The predicted octanol–water partition coefficient (Wildman–Crippen LogP) is 3.03. The van der Waals surface area contributed by atoms with Gasteiger partial charge in [-0.2, -0.15) is 5.26 Å². The summed E-state index contributed by atoms with van der Waals surface area (Å²) >= 11 is 0. The van der Waals surface area contributed by atoms with Gasteiger partial charge in [-0.3, -0.25) is 4.79 Å². The largest absolute Gasteiger partial charge is 0.361 e. The Hall–Kier alpha value is -1.97. The van der Waals surface area contributed by atoms with Gasteiger partial charge in [0, 0.05) is 26.4 Å². The molecule has 0 atom stereocenters. The second kappa shape index (κ2) is 6.20. The van der Waals surface area contributed by atoms with Crippen molar-refractivity contribution in [2.24, 2.45) is 0 Å². The standard InChI is InChI=1S/C15H19N3O2Si/c1-21(2,3)7-6-20-11-18-5-4-14-15(18)12(10-19)8-13(9-16)17-14/h4-5,8,10H,6-7,11H2,1-3H3. The molecule has 0 spiro atoms. The first-order valence-corrected chi connectivity index (χ1v) is 10.6. The number of fused-ring (bicyclic) bond motifs is 1. The first-order chi connectivity index (χ1) is 9.94. The van der Waals surface area contributed by atoms with E-state index in [1.165, 1.54) is 6.07 Å². The number of aromatic nitrogens is 2. The van der Waals surface area contributed by atoms with Crippen LogP contribution in [0.4, 0.5) is 0 Å². The maximum absolute atomic E-state index is 11.2. The molecule has 2 heterocycles. The van der Waals surface area contributed by atoms with Crippen molar-refractivity contribution in [3.63, 3.8) is 0 Å². The van der Waals surface area contributed by atoms with Gasteiger partial charge in [0.15, 0.2) is 6.29 Å². The smallest absolute Gasteiger partial charge is 0.152 e. The lowest BCUT2D eigenvalue weighted by Gasteiger charge is -2.16. The summed E-state index contributed by atoms with van der Waals surface area (Å²) in [5, 5.41) is 8.92. The van der Waals surface area contributed by atoms with Crippen molar-refractivity contribution in [2.45, 2.75) is 32.4 Å². The van der Waals surface area contributed by atoms with Crippen molar-refractivity contribution < 1.29 is 9.53 Å². The van der Waals surface area contributed by atoms with Crippen LogP contribution in [0.3, 0.4) is 0 Å². The highest BCUT2D eigenvalue weighted by Crippen LogP contribution is 2.19. The van der Waals surface area contributed by atoms with Crippen LogP contribution < -0.4 is 0 Å². The van der Waals surface area contributed by atoms with Crippen molar-refractivity contribution in [1.29, 1.82) is 5.26 Å². The lowest BCUT2D eigenvalue weighted by molar-refractivity contribution is 0.0901. The Morgan fingerprint density at radius 1 is 1.48 bits per heavy atom. The highest BCUT2D eigenvalue weighted by Gasteiger charge is 2.13. The zero-order valence-corrected chi connectivity index (χ0v) is 13.6. The molecule has 2 rings (SSSR count). The van der Waals surface area contributed by atoms with Gasteiger partial charge in [0.1, 0.15) is 18.5 Å². The molecule has 0 radical (unpaired) electrons. The van der Waals surface area contributed by atoms with Crippen molar-refractivity contribution in [1.82, 2.24) is 9.55 Å². The van der Waals surface area contributed by atoms with Gasteiger partial charge in [0.2, 0.25) is 0 Å². The number of nitriles is 1.